The van der Waals surface area contributed by atoms with Gasteiger partial charge in [0.1, 0.15) is 0 Å². The van der Waals surface area contributed by atoms with Crippen LogP contribution in [-0.4, -0.2) is 56.5 Å². The number of nitrogens with one attached hydrogen (secondary N) is 1. The van der Waals surface area contributed by atoms with Crippen LogP contribution in [0.2, 0.25) is 0 Å². The number of nitrogens with zero attached hydrogens (tertiary/aromatic N) is 2. The van der Waals surface area contributed by atoms with Gasteiger partial charge in [-0.15, -0.1) is 30.6 Å². The van der Waals surface area contributed by atoms with Crippen LogP contribution in [-0.2, 0) is 9.84 Å². The molecule has 0 bridgehead atoms. The highest BCUT2D eigenvalue weighted by Gasteiger charge is 2.28. The molecule has 0 rings (SSSR count). The second-order valence-corrected chi connectivity index (χ2v) is 9.59. The molecule has 0 unspecified atom stereocenters. The average Bonchev–Trinajstić information content (AvgIpc) is 2.44. The van der Waals surface area contributed by atoms with E-state index in [4.69, 9.17) is 0 Å². The Hall–Kier alpha value is -0.310. The zero-order valence-corrected chi connectivity index (χ0v) is 19.1. The van der Waals surface area contributed by atoms with E-state index >= 15 is 0 Å². The third kappa shape index (κ3) is 10.5. The highest BCUT2D eigenvalue weighted by molar-refractivity contribution is 14.0. The van der Waals surface area contributed by atoms with E-state index in [0.717, 1.165) is 44.7 Å². The van der Waals surface area contributed by atoms with Gasteiger partial charge in [-0.2, -0.15) is 0 Å². The van der Waals surface area contributed by atoms with Crippen LogP contribution in [0.4, 0.5) is 0 Å². The van der Waals surface area contributed by atoms with Crippen LogP contribution in [0.25, 0.3) is 0 Å². The van der Waals surface area contributed by atoms with Crippen molar-refractivity contribution in [1.29, 1.82) is 0 Å². The second-order valence-electron chi connectivity index (χ2n) is 6.73. The van der Waals surface area contributed by atoms with E-state index in [9.17, 15) is 8.42 Å². The molecule has 0 saturated heterocycles. The minimum Gasteiger partial charge on any atom is -0.357 e. The lowest BCUT2D eigenvalue weighted by Gasteiger charge is -2.22. The van der Waals surface area contributed by atoms with Gasteiger partial charge in [-0.05, 0) is 47.0 Å². The summed E-state index contributed by atoms with van der Waals surface area (Å²) in [4.78, 5) is 6.53. The summed E-state index contributed by atoms with van der Waals surface area (Å²) in [6.07, 6.45) is 6.42. The third-order valence-corrected chi connectivity index (χ3v) is 6.24. The summed E-state index contributed by atoms with van der Waals surface area (Å²) >= 11 is 0. The van der Waals surface area contributed by atoms with Crippen LogP contribution in [0.5, 0.6) is 0 Å². The number of rotatable bonds is 10. The second kappa shape index (κ2) is 13.0. The summed E-state index contributed by atoms with van der Waals surface area (Å²) < 4.78 is 23.5. The maximum absolute atomic E-state index is 12.1. The normalized spacial score (nSPS) is 12.5. The molecule has 0 heterocycles. The van der Waals surface area contributed by atoms with Gasteiger partial charge in [-0.1, -0.05) is 12.5 Å². The first kappa shape index (κ1) is 25.9. The minimum atomic E-state index is -3.12. The van der Waals surface area contributed by atoms with E-state index in [1.807, 2.05) is 20.0 Å². The molecule has 144 valence electrons. The summed E-state index contributed by atoms with van der Waals surface area (Å²) in [6, 6.07) is 0. The first-order valence-corrected chi connectivity index (χ1v) is 10.1. The smallest absolute Gasteiger partial charge is 0.193 e. The zero-order valence-electron chi connectivity index (χ0n) is 16.0. The Morgan fingerprint density at radius 1 is 1.25 bits per heavy atom. The Morgan fingerprint density at radius 2 is 1.88 bits per heavy atom. The molecular weight excluding hydrogens is 437 g/mol. The van der Waals surface area contributed by atoms with Crippen molar-refractivity contribution in [3.8, 4) is 0 Å². The molecule has 7 heteroatoms. The van der Waals surface area contributed by atoms with Gasteiger partial charge in [0.15, 0.2) is 15.8 Å². The number of aliphatic imine (C=N–C) groups is 1. The van der Waals surface area contributed by atoms with Gasteiger partial charge in [0, 0.05) is 20.1 Å². The molecular formula is C17H36IN3O2S. The highest BCUT2D eigenvalue weighted by atomic mass is 127. The molecule has 0 aromatic carbocycles. The molecule has 0 aromatic rings. The fourth-order valence-electron chi connectivity index (χ4n) is 1.97. The van der Waals surface area contributed by atoms with Crippen molar-refractivity contribution in [3.05, 3.63) is 12.7 Å². The monoisotopic (exact) mass is 473 g/mol. The van der Waals surface area contributed by atoms with Gasteiger partial charge >= 0.3 is 0 Å². The van der Waals surface area contributed by atoms with E-state index in [2.05, 4.69) is 21.8 Å². The topological polar surface area (TPSA) is 61.8 Å². The van der Waals surface area contributed by atoms with Crippen LogP contribution in [0, 0.1) is 0 Å². The molecule has 0 aliphatic carbocycles. The van der Waals surface area contributed by atoms with Crippen LogP contribution < -0.4 is 5.32 Å². The van der Waals surface area contributed by atoms with E-state index < -0.39 is 14.6 Å². The molecule has 0 spiro atoms. The standard InChI is InChI=1S/C17H35N3O2S.HI/c1-7-9-10-11-12-14-20(6)16(18-8-2)19-13-15-23(21,22)17(3,4)5;/h7H,1,8-15H2,2-6H3,(H,18,19);1H. The number of guanidine groups is 1. The Kier molecular flexibility index (Phi) is 14.0. The first-order valence-electron chi connectivity index (χ1n) is 8.48. The Labute approximate surface area is 166 Å². The number of sulfone groups is 1. The third-order valence-electron chi connectivity index (χ3n) is 3.65. The molecule has 0 aliphatic heterocycles. The Morgan fingerprint density at radius 3 is 2.38 bits per heavy atom. The molecule has 0 fully saturated rings. The fraction of sp³-hybridized carbons (Fsp3) is 0.824. The summed E-state index contributed by atoms with van der Waals surface area (Å²) in [5.74, 6) is 0.860. The predicted octanol–water partition coefficient (Wildman–Crippen LogP) is 3.46. The van der Waals surface area contributed by atoms with Gasteiger partial charge in [0.25, 0.3) is 0 Å². The van der Waals surface area contributed by atoms with Crippen molar-refractivity contribution in [3.63, 3.8) is 0 Å². The van der Waals surface area contributed by atoms with E-state index in [0.29, 0.717) is 6.54 Å². The maximum atomic E-state index is 12.1. The Bertz CT molecular complexity index is 471. The van der Waals surface area contributed by atoms with Crippen molar-refractivity contribution in [2.45, 2.75) is 58.1 Å². The Balaban J connectivity index is 0. The van der Waals surface area contributed by atoms with Gasteiger partial charge in [-0.25, -0.2) is 8.42 Å². The number of hydrogen-bond acceptors (Lipinski definition) is 3. The SMILES string of the molecule is C=CCCCCCN(C)C(=NCCS(=O)(=O)C(C)(C)C)NCC.I. The zero-order chi connectivity index (χ0) is 17.9. The molecule has 1 N–H and O–H groups in total. The summed E-state index contributed by atoms with van der Waals surface area (Å²) in [6.45, 7) is 12.9. The van der Waals surface area contributed by atoms with Crippen molar-refractivity contribution in [1.82, 2.24) is 10.2 Å². The van der Waals surface area contributed by atoms with Crippen molar-refractivity contribution < 1.29 is 8.42 Å². The highest BCUT2D eigenvalue weighted by Crippen LogP contribution is 2.15. The summed E-state index contributed by atoms with van der Waals surface area (Å²) in [5.41, 5.74) is 0. The van der Waals surface area contributed by atoms with Crippen LogP contribution in [0.3, 0.4) is 0 Å². The first-order chi connectivity index (χ1) is 10.7. The molecule has 5 nitrogen and oxygen atoms in total. The summed E-state index contributed by atoms with van der Waals surface area (Å²) in [5, 5.41) is 3.22. The lowest BCUT2D eigenvalue weighted by molar-refractivity contribution is 0.455. The molecule has 0 aromatic heterocycles. The maximum Gasteiger partial charge on any atom is 0.193 e. The molecule has 0 radical (unpaired) electrons. The van der Waals surface area contributed by atoms with Gasteiger partial charge in [-0.3, -0.25) is 4.99 Å². The average molecular weight is 473 g/mol. The number of hydrogen-bond donors (Lipinski definition) is 1. The molecule has 0 aliphatic rings. The van der Waals surface area contributed by atoms with Crippen LogP contribution in [0.15, 0.2) is 17.6 Å². The predicted molar refractivity (Wildman–Crippen MR) is 116 cm³/mol. The molecule has 0 saturated carbocycles. The van der Waals surface area contributed by atoms with Crippen molar-refractivity contribution in [2.75, 3.05) is 32.4 Å². The fourth-order valence-corrected chi connectivity index (χ4v) is 2.91. The largest absolute Gasteiger partial charge is 0.357 e. The number of unbranched alkanes of at least 4 members (excludes halogenated alkanes) is 3. The molecule has 0 atom stereocenters. The van der Waals surface area contributed by atoms with Crippen molar-refractivity contribution >= 4 is 39.8 Å². The van der Waals surface area contributed by atoms with Crippen molar-refractivity contribution in [2.24, 2.45) is 4.99 Å². The van der Waals surface area contributed by atoms with Crippen LogP contribution in [0.1, 0.15) is 53.4 Å². The molecule has 24 heavy (non-hydrogen) atoms. The van der Waals surface area contributed by atoms with E-state index in [1.165, 1.54) is 0 Å². The minimum absolute atomic E-state index is 0. The van der Waals surface area contributed by atoms with Crippen LogP contribution >= 0.6 is 24.0 Å². The van der Waals surface area contributed by atoms with Gasteiger partial charge in [0.2, 0.25) is 0 Å². The number of halogens is 1. The van der Waals surface area contributed by atoms with Gasteiger partial charge < -0.3 is 10.2 Å². The quantitative estimate of drug-likeness (QED) is 0.174. The molecule has 0 amide bonds. The van der Waals surface area contributed by atoms with Gasteiger partial charge in [0.05, 0.1) is 17.0 Å². The number of allylic oxidation sites excluding steroid dienone is 1. The lowest BCUT2D eigenvalue weighted by atomic mass is 10.2. The lowest BCUT2D eigenvalue weighted by Crippen LogP contribution is -2.40. The summed E-state index contributed by atoms with van der Waals surface area (Å²) in [7, 11) is -1.13. The van der Waals surface area contributed by atoms with E-state index in [-0.39, 0.29) is 29.7 Å². The van der Waals surface area contributed by atoms with E-state index in [1.54, 1.807) is 20.8 Å².